The van der Waals surface area contributed by atoms with Crippen LogP contribution in [0.4, 0.5) is 8.78 Å². The third-order valence-electron chi connectivity index (χ3n) is 1.84. The smallest absolute Gasteiger partial charge is 0.131 e. The number of hydrogen-bond acceptors (Lipinski definition) is 1. The Hall–Kier alpha value is -1.22. The summed E-state index contributed by atoms with van der Waals surface area (Å²) < 4.78 is 26.2. The molecule has 3 heteroatoms. The van der Waals surface area contributed by atoms with E-state index in [-0.39, 0.29) is 5.56 Å². The molecule has 1 atom stereocenters. The monoisotopic (exact) mass is 183 g/mol. The molecule has 0 aliphatic carbocycles. The lowest BCUT2D eigenvalue weighted by molar-refractivity contribution is 0.542. The Morgan fingerprint density at radius 3 is 2.23 bits per heavy atom. The Morgan fingerprint density at radius 2 is 1.85 bits per heavy atom. The Morgan fingerprint density at radius 1 is 1.38 bits per heavy atom. The lowest BCUT2D eigenvalue weighted by Gasteiger charge is -2.13. The minimum absolute atomic E-state index is 0.116. The van der Waals surface area contributed by atoms with Gasteiger partial charge < -0.3 is 5.73 Å². The van der Waals surface area contributed by atoms with Crippen LogP contribution in [-0.2, 0) is 0 Å². The molecule has 70 valence electrons. The topological polar surface area (TPSA) is 26.0 Å². The van der Waals surface area contributed by atoms with Gasteiger partial charge in [-0.2, -0.15) is 0 Å². The van der Waals surface area contributed by atoms with Gasteiger partial charge in [0.1, 0.15) is 11.6 Å². The zero-order chi connectivity index (χ0) is 10.0. The van der Waals surface area contributed by atoms with Crippen LogP contribution in [0, 0.1) is 11.6 Å². The number of benzene rings is 1. The van der Waals surface area contributed by atoms with E-state index in [0.717, 1.165) is 0 Å². The van der Waals surface area contributed by atoms with E-state index in [1.54, 1.807) is 6.92 Å². The van der Waals surface area contributed by atoms with Crippen LogP contribution in [0.1, 0.15) is 18.5 Å². The first kappa shape index (κ1) is 9.86. The Bertz CT molecular complexity index is 313. The van der Waals surface area contributed by atoms with Crippen molar-refractivity contribution in [2.24, 2.45) is 5.73 Å². The average Bonchev–Trinajstić information content (AvgIpc) is 2.03. The predicted molar refractivity (Wildman–Crippen MR) is 48.1 cm³/mol. The Labute approximate surface area is 75.9 Å². The van der Waals surface area contributed by atoms with Gasteiger partial charge in [0.25, 0.3) is 0 Å². The molecule has 1 nitrogen and oxygen atoms in total. The molecule has 0 saturated carbocycles. The van der Waals surface area contributed by atoms with Crippen molar-refractivity contribution >= 4 is 0 Å². The van der Waals surface area contributed by atoms with Gasteiger partial charge in [-0.25, -0.2) is 8.78 Å². The third kappa shape index (κ3) is 1.92. The Kier molecular flexibility index (Phi) is 2.78. The van der Waals surface area contributed by atoms with E-state index in [2.05, 4.69) is 6.58 Å². The van der Waals surface area contributed by atoms with Gasteiger partial charge in [0, 0.05) is 5.56 Å². The number of hydrogen-bond donors (Lipinski definition) is 1. The van der Waals surface area contributed by atoms with Gasteiger partial charge in [-0.1, -0.05) is 18.2 Å². The van der Waals surface area contributed by atoms with Crippen molar-refractivity contribution in [3.8, 4) is 0 Å². The summed E-state index contributed by atoms with van der Waals surface area (Å²) in [5.41, 5.74) is 5.98. The third-order valence-corrected chi connectivity index (χ3v) is 1.84. The van der Waals surface area contributed by atoms with Crippen molar-refractivity contribution in [3.63, 3.8) is 0 Å². The van der Waals surface area contributed by atoms with Crippen LogP contribution in [-0.4, -0.2) is 0 Å². The van der Waals surface area contributed by atoms with Crippen molar-refractivity contribution in [2.45, 2.75) is 13.0 Å². The van der Waals surface area contributed by atoms with Gasteiger partial charge in [0.15, 0.2) is 0 Å². The predicted octanol–water partition coefficient (Wildman–Crippen LogP) is 2.54. The zero-order valence-corrected chi connectivity index (χ0v) is 7.35. The number of halogens is 2. The molecular weight excluding hydrogens is 172 g/mol. The summed E-state index contributed by atoms with van der Waals surface area (Å²) >= 11 is 0. The van der Waals surface area contributed by atoms with Crippen LogP contribution in [0.25, 0.3) is 0 Å². The summed E-state index contributed by atoms with van der Waals surface area (Å²) in [7, 11) is 0. The van der Waals surface area contributed by atoms with Crippen LogP contribution < -0.4 is 5.73 Å². The highest BCUT2D eigenvalue weighted by Crippen LogP contribution is 2.22. The zero-order valence-electron chi connectivity index (χ0n) is 7.35. The first-order valence-corrected chi connectivity index (χ1v) is 3.89. The van der Waals surface area contributed by atoms with Gasteiger partial charge in [-0.15, -0.1) is 0 Å². The number of nitrogens with two attached hydrogens (primary N) is 1. The lowest BCUT2D eigenvalue weighted by Crippen LogP contribution is -2.14. The maximum Gasteiger partial charge on any atom is 0.131 e. The summed E-state index contributed by atoms with van der Waals surface area (Å²) in [5, 5.41) is 0. The fourth-order valence-corrected chi connectivity index (χ4v) is 1.05. The number of rotatable bonds is 2. The summed E-state index contributed by atoms with van der Waals surface area (Å²) in [6.45, 7) is 5.19. The van der Waals surface area contributed by atoms with Gasteiger partial charge >= 0.3 is 0 Å². The van der Waals surface area contributed by atoms with Gasteiger partial charge in [-0.3, -0.25) is 0 Å². The van der Waals surface area contributed by atoms with Crippen molar-refractivity contribution in [2.75, 3.05) is 0 Å². The summed E-state index contributed by atoms with van der Waals surface area (Å²) in [5.74, 6) is -1.26. The van der Waals surface area contributed by atoms with Crippen molar-refractivity contribution in [1.82, 2.24) is 0 Å². The molecule has 2 N–H and O–H groups in total. The highest BCUT2D eigenvalue weighted by atomic mass is 19.1. The van der Waals surface area contributed by atoms with E-state index in [9.17, 15) is 8.78 Å². The second-order valence-electron chi connectivity index (χ2n) is 2.96. The highest BCUT2D eigenvalue weighted by Gasteiger charge is 2.16. The maximum absolute atomic E-state index is 13.1. The van der Waals surface area contributed by atoms with Crippen LogP contribution in [0.2, 0.25) is 0 Å². The molecule has 0 spiro atoms. The molecule has 0 bridgehead atoms. The fourth-order valence-electron chi connectivity index (χ4n) is 1.05. The van der Waals surface area contributed by atoms with Gasteiger partial charge in [0.05, 0.1) is 6.04 Å². The largest absolute Gasteiger partial charge is 0.320 e. The molecule has 0 radical (unpaired) electrons. The van der Waals surface area contributed by atoms with Crippen LogP contribution in [0.5, 0.6) is 0 Å². The highest BCUT2D eigenvalue weighted by molar-refractivity contribution is 5.28. The van der Waals surface area contributed by atoms with Gasteiger partial charge in [-0.05, 0) is 19.1 Å². The van der Waals surface area contributed by atoms with E-state index in [0.29, 0.717) is 5.57 Å². The molecule has 0 aliphatic rings. The molecule has 0 saturated heterocycles. The van der Waals surface area contributed by atoms with Crippen molar-refractivity contribution < 1.29 is 8.78 Å². The van der Waals surface area contributed by atoms with E-state index < -0.39 is 17.7 Å². The first-order valence-electron chi connectivity index (χ1n) is 3.89. The molecule has 0 aliphatic heterocycles. The van der Waals surface area contributed by atoms with E-state index in [1.807, 2.05) is 0 Å². The standard InChI is InChI=1S/C10H11F2N/c1-6(2)10(13)9-7(11)4-3-5-8(9)12/h3-5,10H,1,13H2,2H3. The molecule has 1 rings (SSSR count). The normalized spacial score (nSPS) is 12.6. The molecule has 0 amide bonds. The molecule has 1 unspecified atom stereocenters. The van der Waals surface area contributed by atoms with Gasteiger partial charge in [0.2, 0.25) is 0 Å². The van der Waals surface area contributed by atoms with E-state index in [1.165, 1.54) is 18.2 Å². The fraction of sp³-hybridized carbons (Fsp3) is 0.200. The molecule has 1 aromatic rings. The summed E-state index contributed by atoms with van der Waals surface area (Å²) in [6.07, 6.45) is 0. The molecular formula is C10H11F2N. The second-order valence-corrected chi connectivity index (χ2v) is 2.96. The van der Waals surface area contributed by atoms with Crippen LogP contribution >= 0.6 is 0 Å². The molecule has 0 heterocycles. The minimum atomic E-state index is -0.777. The maximum atomic E-state index is 13.1. The molecule has 0 aromatic heterocycles. The minimum Gasteiger partial charge on any atom is -0.320 e. The van der Waals surface area contributed by atoms with E-state index >= 15 is 0 Å². The quantitative estimate of drug-likeness (QED) is 0.700. The van der Waals surface area contributed by atoms with E-state index in [4.69, 9.17) is 5.73 Å². The molecule has 0 fully saturated rings. The lowest BCUT2D eigenvalue weighted by atomic mass is 10.0. The summed E-state index contributed by atoms with van der Waals surface area (Å²) in [4.78, 5) is 0. The molecule has 13 heavy (non-hydrogen) atoms. The molecule has 1 aromatic carbocycles. The average molecular weight is 183 g/mol. The van der Waals surface area contributed by atoms with Crippen molar-refractivity contribution in [3.05, 3.63) is 47.5 Å². The second kappa shape index (κ2) is 3.66. The van der Waals surface area contributed by atoms with Crippen LogP contribution in [0.15, 0.2) is 30.4 Å². The van der Waals surface area contributed by atoms with Crippen LogP contribution in [0.3, 0.4) is 0 Å². The van der Waals surface area contributed by atoms with Crippen molar-refractivity contribution in [1.29, 1.82) is 0 Å². The Balaban J connectivity index is 3.20. The first-order chi connectivity index (χ1) is 6.04. The SMILES string of the molecule is C=C(C)C(N)c1c(F)cccc1F. The summed E-state index contributed by atoms with van der Waals surface area (Å²) in [6, 6.07) is 2.89.